The van der Waals surface area contributed by atoms with Gasteiger partial charge in [-0.05, 0) is 33.0 Å². The molecule has 0 bridgehead atoms. The van der Waals surface area contributed by atoms with Crippen molar-refractivity contribution in [2.45, 2.75) is 36.6 Å². The van der Waals surface area contributed by atoms with E-state index in [0.29, 0.717) is 13.1 Å². The van der Waals surface area contributed by atoms with Crippen LogP contribution in [0, 0.1) is 0 Å². The van der Waals surface area contributed by atoms with Gasteiger partial charge < -0.3 is 4.90 Å². The molecule has 0 saturated heterocycles. The van der Waals surface area contributed by atoms with E-state index in [1.165, 1.54) is 18.5 Å². The highest BCUT2D eigenvalue weighted by atomic mass is 35.5. The van der Waals surface area contributed by atoms with Gasteiger partial charge in [0, 0.05) is 31.5 Å². The van der Waals surface area contributed by atoms with Gasteiger partial charge in [-0.1, -0.05) is 24.4 Å². The van der Waals surface area contributed by atoms with Crippen molar-refractivity contribution in [3.63, 3.8) is 0 Å². The molecular formula is C14H22ClN3O2S. The maximum atomic E-state index is 12.9. The molecule has 1 saturated carbocycles. The van der Waals surface area contributed by atoms with Gasteiger partial charge in [-0.2, -0.15) is 4.31 Å². The molecule has 0 aliphatic heterocycles. The number of aromatic nitrogens is 1. The van der Waals surface area contributed by atoms with Gasteiger partial charge in [-0.25, -0.2) is 8.42 Å². The van der Waals surface area contributed by atoms with Crippen molar-refractivity contribution in [3.05, 3.63) is 23.5 Å². The Morgan fingerprint density at radius 2 is 1.95 bits per heavy atom. The highest BCUT2D eigenvalue weighted by molar-refractivity contribution is 7.89. The first-order valence-electron chi connectivity index (χ1n) is 7.19. The highest BCUT2D eigenvalue weighted by Gasteiger charge is 2.34. The van der Waals surface area contributed by atoms with Crippen LogP contribution in [-0.2, 0) is 10.0 Å². The van der Waals surface area contributed by atoms with Crippen LogP contribution in [0.2, 0.25) is 5.02 Å². The number of hydrogen-bond donors (Lipinski definition) is 0. The molecule has 0 spiro atoms. The number of likely N-dealkylation sites (N-methyl/N-ethyl adjacent to an activating group) is 1. The maximum Gasteiger partial charge on any atom is 0.246 e. The summed E-state index contributed by atoms with van der Waals surface area (Å²) in [5.41, 5.74) is 0. The molecule has 1 aromatic heterocycles. The molecule has 0 atom stereocenters. The van der Waals surface area contributed by atoms with E-state index in [4.69, 9.17) is 11.6 Å². The number of rotatable bonds is 6. The molecule has 1 fully saturated rings. The van der Waals surface area contributed by atoms with Crippen molar-refractivity contribution >= 4 is 21.6 Å². The molecule has 118 valence electrons. The van der Waals surface area contributed by atoms with Crippen LogP contribution in [0.15, 0.2) is 23.4 Å². The van der Waals surface area contributed by atoms with E-state index < -0.39 is 10.0 Å². The van der Waals surface area contributed by atoms with Crippen LogP contribution in [0.5, 0.6) is 0 Å². The molecule has 0 N–H and O–H groups in total. The summed E-state index contributed by atoms with van der Waals surface area (Å²) in [5.74, 6) is 0. The Kier molecular flexibility index (Phi) is 5.60. The second-order valence-corrected chi connectivity index (χ2v) is 7.93. The van der Waals surface area contributed by atoms with Crippen LogP contribution in [-0.4, -0.2) is 55.8 Å². The Balaban J connectivity index is 2.32. The number of hydrogen-bond acceptors (Lipinski definition) is 4. The van der Waals surface area contributed by atoms with Crippen molar-refractivity contribution in [1.82, 2.24) is 14.2 Å². The van der Waals surface area contributed by atoms with Crippen LogP contribution in [0.1, 0.15) is 25.7 Å². The van der Waals surface area contributed by atoms with Gasteiger partial charge in [-0.3, -0.25) is 4.98 Å². The Hall–Kier alpha value is -0.690. The largest absolute Gasteiger partial charge is 0.308 e. The average Bonchev–Trinajstić information content (AvgIpc) is 2.92. The summed E-state index contributed by atoms with van der Waals surface area (Å²) in [6.45, 7) is 1.17. The van der Waals surface area contributed by atoms with Crippen molar-refractivity contribution in [2.75, 3.05) is 27.2 Å². The molecule has 7 heteroatoms. The molecule has 1 aromatic rings. The number of pyridine rings is 1. The van der Waals surface area contributed by atoms with E-state index in [9.17, 15) is 8.42 Å². The molecule has 2 rings (SSSR count). The molecule has 1 heterocycles. The van der Waals surface area contributed by atoms with Crippen molar-refractivity contribution in [1.29, 1.82) is 0 Å². The summed E-state index contributed by atoms with van der Waals surface area (Å²) in [7, 11) is 0.283. The first-order chi connectivity index (χ1) is 9.93. The lowest BCUT2D eigenvalue weighted by molar-refractivity contribution is 0.282. The minimum absolute atomic E-state index is 0.0752. The molecule has 0 amide bonds. The number of sulfonamides is 1. The maximum absolute atomic E-state index is 12.9. The summed E-state index contributed by atoms with van der Waals surface area (Å²) in [5, 5.41) is 0.234. The lowest BCUT2D eigenvalue weighted by atomic mass is 10.2. The zero-order valence-corrected chi connectivity index (χ0v) is 14.1. The number of nitrogens with zero attached hydrogens (tertiary/aromatic N) is 3. The smallest absolute Gasteiger partial charge is 0.246 e. The van der Waals surface area contributed by atoms with Crippen LogP contribution < -0.4 is 0 Å². The first kappa shape index (κ1) is 16.7. The Bertz CT molecular complexity index is 571. The predicted octanol–water partition coefficient (Wildman–Crippen LogP) is 2.23. The Morgan fingerprint density at radius 3 is 2.52 bits per heavy atom. The fraction of sp³-hybridized carbons (Fsp3) is 0.643. The second-order valence-electron chi connectivity index (χ2n) is 5.66. The van der Waals surface area contributed by atoms with Crippen LogP contribution >= 0.6 is 11.6 Å². The van der Waals surface area contributed by atoms with E-state index in [1.807, 2.05) is 19.0 Å². The van der Waals surface area contributed by atoms with Crippen molar-refractivity contribution in [2.24, 2.45) is 0 Å². The third-order valence-corrected chi connectivity index (χ3v) is 6.24. The molecular weight excluding hydrogens is 310 g/mol. The van der Waals surface area contributed by atoms with Crippen LogP contribution in [0.25, 0.3) is 0 Å². The summed E-state index contributed by atoms with van der Waals surface area (Å²) >= 11 is 6.07. The fourth-order valence-corrected chi connectivity index (χ4v) is 4.75. The summed E-state index contributed by atoms with van der Waals surface area (Å²) in [4.78, 5) is 6.01. The van der Waals surface area contributed by atoms with Gasteiger partial charge in [0.1, 0.15) is 4.90 Å². The normalized spacial score (nSPS) is 17.0. The van der Waals surface area contributed by atoms with Crippen molar-refractivity contribution < 1.29 is 8.42 Å². The predicted molar refractivity (Wildman–Crippen MR) is 83.9 cm³/mol. The van der Waals surface area contributed by atoms with E-state index in [1.54, 1.807) is 4.31 Å². The van der Waals surface area contributed by atoms with Gasteiger partial charge in [0.25, 0.3) is 0 Å². The summed E-state index contributed by atoms with van der Waals surface area (Å²) in [6.07, 6.45) is 6.85. The van der Waals surface area contributed by atoms with E-state index in [-0.39, 0.29) is 16.0 Å². The van der Waals surface area contributed by atoms with Crippen LogP contribution in [0.4, 0.5) is 0 Å². The fourth-order valence-electron chi connectivity index (χ4n) is 2.67. The quantitative estimate of drug-likeness (QED) is 0.802. The average molecular weight is 332 g/mol. The molecule has 0 unspecified atom stereocenters. The number of halogens is 1. The molecule has 0 aromatic carbocycles. The Morgan fingerprint density at radius 1 is 1.29 bits per heavy atom. The van der Waals surface area contributed by atoms with E-state index in [0.717, 1.165) is 25.7 Å². The second kappa shape index (κ2) is 7.05. The summed E-state index contributed by atoms with van der Waals surface area (Å²) < 4.78 is 27.5. The SMILES string of the molecule is CN(C)CCN(C1CCCC1)S(=O)(=O)c1cnccc1Cl. The van der Waals surface area contributed by atoms with Gasteiger partial charge in [-0.15, -0.1) is 0 Å². The zero-order valence-electron chi connectivity index (χ0n) is 12.5. The zero-order chi connectivity index (χ0) is 15.5. The van der Waals surface area contributed by atoms with Gasteiger partial charge in [0.05, 0.1) is 5.02 Å². The van der Waals surface area contributed by atoms with Gasteiger partial charge in [0.15, 0.2) is 0 Å². The third kappa shape index (κ3) is 3.94. The highest BCUT2D eigenvalue weighted by Crippen LogP contribution is 2.30. The van der Waals surface area contributed by atoms with Gasteiger partial charge >= 0.3 is 0 Å². The lowest BCUT2D eigenvalue weighted by Gasteiger charge is -2.29. The minimum atomic E-state index is -3.60. The standard InChI is InChI=1S/C14H22ClN3O2S/c1-17(2)9-10-18(12-5-3-4-6-12)21(19,20)14-11-16-8-7-13(14)15/h7-8,11-12H,3-6,9-10H2,1-2H3. The van der Waals surface area contributed by atoms with Crippen LogP contribution in [0.3, 0.4) is 0 Å². The van der Waals surface area contributed by atoms with Crippen molar-refractivity contribution in [3.8, 4) is 0 Å². The molecule has 5 nitrogen and oxygen atoms in total. The third-order valence-electron chi connectivity index (χ3n) is 3.82. The molecule has 0 radical (unpaired) electrons. The molecule has 1 aliphatic carbocycles. The lowest BCUT2D eigenvalue weighted by Crippen LogP contribution is -2.42. The van der Waals surface area contributed by atoms with Gasteiger partial charge in [0.2, 0.25) is 10.0 Å². The topological polar surface area (TPSA) is 53.5 Å². The molecule has 1 aliphatic rings. The Labute approximate surface area is 132 Å². The monoisotopic (exact) mass is 331 g/mol. The minimum Gasteiger partial charge on any atom is -0.308 e. The summed E-state index contributed by atoms with van der Waals surface area (Å²) in [6, 6.07) is 1.60. The van der Waals surface area contributed by atoms with E-state index in [2.05, 4.69) is 4.98 Å². The van der Waals surface area contributed by atoms with E-state index >= 15 is 0 Å². The molecule has 21 heavy (non-hydrogen) atoms. The first-order valence-corrected chi connectivity index (χ1v) is 9.01.